The van der Waals surface area contributed by atoms with Crippen molar-refractivity contribution in [1.82, 2.24) is 39.0 Å². The molecule has 0 bridgehead atoms. The highest BCUT2D eigenvalue weighted by molar-refractivity contribution is 5.95. The molecule has 0 unspecified atom stereocenters. The van der Waals surface area contributed by atoms with Crippen molar-refractivity contribution < 1.29 is 32.9 Å². The van der Waals surface area contributed by atoms with Gasteiger partial charge in [-0.05, 0) is 131 Å². The minimum atomic E-state index is -0.555. The highest BCUT2D eigenvalue weighted by Gasteiger charge is 2.33. The van der Waals surface area contributed by atoms with Crippen LogP contribution in [-0.2, 0) is 9.59 Å². The summed E-state index contributed by atoms with van der Waals surface area (Å²) in [5, 5.41) is 3.14. The van der Waals surface area contributed by atoms with Gasteiger partial charge in [-0.2, -0.15) is 4.39 Å². The summed E-state index contributed by atoms with van der Waals surface area (Å²) >= 11 is 0. The molecule has 0 radical (unpaired) electrons. The van der Waals surface area contributed by atoms with Gasteiger partial charge in [-0.1, -0.05) is 39.1 Å². The van der Waals surface area contributed by atoms with Crippen molar-refractivity contribution in [1.29, 1.82) is 0 Å². The lowest BCUT2D eigenvalue weighted by molar-refractivity contribution is -0.127. The Morgan fingerprint density at radius 3 is 1.94 bits per heavy atom. The van der Waals surface area contributed by atoms with Crippen molar-refractivity contribution >= 4 is 22.7 Å². The van der Waals surface area contributed by atoms with Crippen LogP contribution in [0, 0.1) is 12.7 Å². The largest absolute Gasteiger partial charge is 0.496 e. The molecule has 0 spiro atoms. The number of methoxy groups -OCH3 is 2. The van der Waals surface area contributed by atoms with Crippen LogP contribution < -0.4 is 24.3 Å². The number of carbonyl (C=O) groups is 2. The average Bonchev–Trinajstić information content (AvgIpc) is 4.16. The van der Waals surface area contributed by atoms with E-state index in [9.17, 15) is 14.0 Å². The molecule has 1 N–H and O–H groups in total. The van der Waals surface area contributed by atoms with Crippen molar-refractivity contribution in [2.45, 2.75) is 58.4 Å². The van der Waals surface area contributed by atoms with Crippen LogP contribution in [0.4, 0.5) is 4.39 Å². The lowest BCUT2D eigenvalue weighted by Gasteiger charge is -2.22. The smallest absolute Gasteiger partial charge is 0.246 e. The molecular formula is C56H59FN8O6. The van der Waals surface area contributed by atoms with Gasteiger partial charge in [0.25, 0.3) is 0 Å². The first kappa shape index (κ1) is 50.7. The molecule has 1 fully saturated rings. The van der Waals surface area contributed by atoms with Crippen molar-refractivity contribution in [3.8, 4) is 57.0 Å². The first-order chi connectivity index (χ1) is 34.7. The van der Waals surface area contributed by atoms with Gasteiger partial charge in [-0.25, -0.2) is 9.97 Å². The number of aromatic nitrogens is 6. The van der Waals surface area contributed by atoms with E-state index in [0.717, 1.165) is 82.2 Å². The highest BCUT2D eigenvalue weighted by Crippen LogP contribution is 2.38. The summed E-state index contributed by atoms with van der Waals surface area (Å²) in [5.41, 5.74) is 5.91. The number of allylic oxidation sites excluding steroid dienone is 1. The number of hydrogen-bond donors (Lipinski definition) is 1. The summed E-state index contributed by atoms with van der Waals surface area (Å²) < 4.78 is 40.6. The molecule has 15 heteroatoms. The maximum absolute atomic E-state index is 14.4. The van der Waals surface area contributed by atoms with Gasteiger partial charge in [0, 0.05) is 48.0 Å². The lowest BCUT2D eigenvalue weighted by Crippen LogP contribution is -2.29. The quantitative estimate of drug-likeness (QED) is 0.0687. The topological polar surface area (TPSA) is 147 Å². The van der Waals surface area contributed by atoms with E-state index in [0.29, 0.717) is 30.3 Å². The van der Waals surface area contributed by atoms with Crippen LogP contribution >= 0.6 is 0 Å². The molecule has 5 heterocycles. The van der Waals surface area contributed by atoms with E-state index in [-0.39, 0.29) is 35.1 Å². The number of amides is 1. The molecule has 9 rings (SSSR count). The molecule has 1 aliphatic rings. The van der Waals surface area contributed by atoms with Gasteiger partial charge < -0.3 is 29.2 Å². The lowest BCUT2D eigenvalue weighted by atomic mass is 9.97. The Kier molecular flexibility index (Phi) is 17.1. The number of imidazole rings is 2. The molecule has 14 nitrogen and oxygen atoms in total. The van der Waals surface area contributed by atoms with Crippen molar-refractivity contribution in [2.24, 2.45) is 0 Å². The molecule has 71 heavy (non-hydrogen) atoms. The molecule has 4 aromatic carbocycles. The van der Waals surface area contributed by atoms with Crippen LogP contribution in [0.3, 0.4) is 0 Å². The van der Waals surface area contributed by atoms with Crippen molar-refractivity contribution in [2.75, 3.05) is 34.4 Å². The SMILES string of the molecule is C=CC(=O)N1CCC[C@H]1c1nc(-c2ccc(Oc3cccc(OC)c3F)cc2)c2cnccn12.C=CC(=O)[C@@H](CCCNC)c1nc(-c2ccc(Oc3cccc(OC)c3C)cc2)c2cnccn12.CC. The van der Waals surface area contributed by atoms with E-state index in [1.165, 1.54) is 25.3 Å². The Hall–Kier alpha value is -8.17. The second-order valence-electron chi connectivity index (χ2n) is 16.2. The van der Waals surface area contributed by atoms with Crippen LogP contribution in [0.15, 0.2) is 147 Å². The zero-order valence-electron chi connectivity index (χ0n) is 41.0. The molecule has 1 aliphatic heterocycles. The standard InChI is InChI=1S/C28H30N4O3.C26H23FN4O3.C2H6/c1-5-24(33)22(8-7-15-29-3)28-31-27(23-18-30-16-17-32(23)28)20-11-13-21(14-12-20)35-26-10-6-9-25(34-4)19(26)2;1-3-23(32)30-14-5-6-19(30)26-29-25(20-16-28-13-15-31(20)26)17-9-11-18(12-10-17)34-22-8-4-7-21(33-2)24(22)27;1-2/h5-6,9-14,16-18,22,29H,1,7-8,15H2,2-4H3;3-4,7-13,15-16,19H,1,5-6,14H2,2H3;1-2H3/t22-;19-;/m10./s1. The molecule has 2 atom stereocenters. The van der Waals surface area contributed by atoms with Gasteiger partial charge in [0.05, 0.1) is 61.0 Å². The Bertz CT molecular complexity index is 3110. The third kappa shape index (κ3) is 11.2. The molecule has 1 amide bonds. The number of nitrogens with one attached hydrogen (secondary N) is 1. The number of likely N-dealkylation sites (tertiary alicyclic amines) is 1. The fourth-order valence-corrected chi connectivity index (χ4v) is 8.54. The normalized spacial score (nSPS) is 13.3. The first-order valence-electron chi connectivity index (χ1n) is 23.6. The van der Waals surface area contributed by atoms with E-state index < -0.39 is 5.82 Å². The molecule has 0 saturated carbocycles. The monoisotopic (exact) mass is 958 g/mol. The maximum atomic E-state index is 14.4. The highest BCUT2D eigenvalue weighted by atomic mass is 19.1. The summed E-state index contributed by atoms with van der Waals surface area (Å²) in [4.78, 5) is 45.4. The zero-order valence-corrected chi connectivity index (χ0v) is 41.0. The predicted octanol–water partition coefficient (Wildman–Crippen LogP) is 11.6. The fraction of sp³-hybridized carbons (Fsp3) is 0.250. The number of ketones is 1. The number of fused-ring (bicyclic) bond motifs is 2. The number of benzene rings is 4. The van der Waals surface area contributed by atoms with Gasteiger partial charge in [-0.15, -0.1) is 0 Å². The van der Waals surface area contributed by atoms with Crippen LogP contribution in [0.1, 0.15) is 68.7 Å². The maximum Gasteiger partial charge on any atom is 0.246 e. The molecule has 366 valence electrons. The Morgan fingerprint density at radius 1 is 0.775 bits per heavy atom. The predicted molar refractivity (Wildman–Crippen MR) is 274 cm³/mol. The van der Waals surface area contributed by atoms with Gasteiger partial charge >= 0.3 is 0 Å². The first-order valence-corrected chi connectivity index (χ1v) is 23.6. The average molecular weight is 959 g/mol. The van der Waals surface area contributed by atoms with Crippen LogP contribution in [-0.4, -0.2) is 79.7 Å². The Labute approximate surface area is 413 Å². The number of carbonyl (C=O) groups excluding carboxylic acids is 2. The third-order valence-corrected chi connectivity index (χ3v) is 12.0. The third-order valence-electron chi connectivity index (χ3n) is 12.0. The summed E-state index contributed by atoms with van der Waals surface area (Å²) in [6, 6.07) is 25.4. The van der Waals surface area contributed by atoms with E-state index in [2.05, 4.69) is 28.4 Å². The second-order valence-corrected chi connectivity index (χ2v) is 16.2. The molecule has 1 saturated heterocycles. The van der Waals surface area contributed by atoms with E-state index in [1.54, 1.807) is 56.2 Å². The van der Waals surface area contributed by atoms with E-state index in [4.69, 9.17) is 28.9 Å². The number of hydrogen-bond acceptors (Lipinski definition) is 11. The van der Waals surface area contributed by atoms with Gasteiger partial charge in [-0.3, -0.25) is 28.4 Å². The summed E-state index contributed by atoms with van der Waals surface area (Å²) in [5.74, 6) is 3.34. The fourth-order valence-electron chi connectivity index (χ4n) is 8.54. The number of rotatable bonds is 17. The van der Waals surface area contributed by atoms with E-state index >= 15 is 0 Å². The van der Waals surface area contributed by atoms with Crippen molar-refractivity contribution in [3.05, 3.63) is 170 Å². The summed E-state index contributed by atoms with van der Waals surface area (Å²) in [6.45, 7) is 14.8. The molecule has 4 aromatic heterocycles. The zero-order chi connectivity index (χ0) is 50.4. The van der Waals surface area contributed by atoms with Crippen LogP contribution in [0.25, 0.3) is 33.5 Å². The van der Waals surface area contributed by atoms with Crippen LogP contribution in [0.5, 0.6) is 34.5 Å². The number of ether oxygens (including phenoxy) is 4. The second kappa shape index (κ2) is 23.9. The van der Waals surface area contributed by atoms with Crippen LogP contribution in [0.2, 0.25) is 0 Å². The Balaban J connectivity index is 0.000000202. The van der Waals surface area contributed by atoms with Gasteiger partial charge in [0.2, 0.25) is 11.7 Å². The van der Waals surface area contributed by atoms with Gasteiger partial charge in [0.15, 0.2) is 17.3 Å². The van der Waals surface area contributed by atoms with Gasteiger partial charge in [0.1, 0.15) is 34.6 Å². The van der Waals surface area contributed by atoms with Crippen molar-refractivity contribution in [3.63, 3.8) is 0 Å². The summed E-state index contributed by atoms with van der Waals surface area (Å²) in [7, 11) is 4.96. The molecule has 0 aliphatic carbocycles. The minimum absolute atomic E-state index is 0.0335. The molecular weight excluding hydrogens is 900 g/mol. The minimum Gasteiger partial charge on any atom is -0.496 e. The van der Waals surface area contributed by atoms with E-state index in [1.807, 2.05) is 109 Å². The Morgan fingerprint density at radius 2 is 1.34 bits per heavy atom. The number of nitrogens with zero attached hydrogens (tertiary/aromatic N) is 7. The summed E-state index contributed by atoms with van der Waals surface area (Å²) in [6.07, 6.45) is 16.7. The molecule has 8 aromatic rings. The number of halogens is 1.